The van der Waals surface area contributed by atoms with Crippen LogP contribution in [0, 0.1) is 22.7 Å². The van der Waals surface area contributed by atoms with Crippen molar-refractivity contribution >= 4 is 23.0 Å². The van der Waals surface area contributed by atoms with Gasteiger partial charge in [0.15, 0.2) is 0 Å². The lowest BCUT2D eigenvalue weighted by Crippen LogP contribution is -2.04. The van der Waals surface area contributed by atoms with Crippen LogP contribution >= 0.6 is 0 Å². The standard InChI is InChI=1S/C15H10N4O2/c16-7-9-1-3-12(5-10(9)8-17)19-14-6-11(18)2-4-13(14)15(20)21/h1-6,19H,18H2,(H,20,21). The van der Waals surface area contributed by atoms with E-state index in [1.165, 1.54) is 30.3 Å². The summed E-state index contributed by atoms with van der Waals surface area (Å²) in [6.07, 6.45) is 0. The molecule has 4 N–H and O–H groups in total. The van der Waals surface area contributed by atoms with Crippen LogP contribution in [0.2, 0.25) is 0 Å². The van der Waals surface area contributed by atoms with Crippen molar-refractivity contribution < 1.29 is 9.90 Å². The number of carbonyl (C=O) groups is 1. The lowest BCUT2D eigenvalue weighted by atomic mass is 10.1. The summed E-state index contributed by atoms with van der Waals surface area (Å²) in [5.74, 6) is -1.09. The molecular formula is C15H10N4O2. The molecule has 0 aliphatic carbocycles. The molecule has 2 aromatic rings. The van der Waals surface area contributed by atoms with E-state index in [0.29, 0.717) is 17.1 Å². The van der Waals surface area contributed by atoms with E-state index in [-0.39, 0.29) is 16.7 Å². The highest BCUT2D eigenvalue weighted by Gasteiger charge is 2.11. The maximum atomic E-state index is 11.2. The minimum atomic E-state index is -1.09. The first-order valence-corrected chi connectivity index (χ1v) is 5.89. The van der Waals surface area contributed by atoms with Crippen molar-refractivity contribution in [2.24, 2.45) is 0 Å². The monoisotopic (exact) mass is 278 g/mol. The molecule has 0 saturated carbocycles. The van der Waals surface area contributed by atoms with Crippen LogP contribution in [0.4, 0.5) is 17.1 Å². The zero-order valence-electron chi connectivity index (χ0n) is 10.8. The number of rotatable bonds is 3. The summed E-state index contributed by atoms with van der Waals surface area (Å²) in [5.41, 5.74) is 7.41. The minimum absolute atomic E-state index is 0.0621. The quantitative estimate of drug-likeness (QED) is 0.741. The second-order valence-corrected chi connectivity index (χ2v) is 4.22. The van der Waals surface area contributed by atoms with Crippen molar-refractivity contribution in [2.75, 3.05) is 11.1 Å². The smallest absolute Gasteiger partial charge is 0.337 e. The molecule has 0 aromatic heterocycles. The third kappa shape index (κ3) is 2.91. The predicted molar refractivity (Wildman–Crippen MR) is 77.0 cm³/mol. The van der Waals surface area contributed by atoms with Crippen LogP contribution in [0.25, 0.3) is 0 Å². The first-order valence-electron chi connectivity index (χ1n) is 5.89. The van der Waals surface area contributed by atoms with Crippen LogP contribution in [0.15, 0.2) is 36.4 Å². The molecule has 0 bridgehead atoms. The van der Waals surface area contributed by atoms with E-state index in [4.69, 9.17) is 21.4 Å². The maximum Gasteiger partial charge on any atom is 0.337 e. The van der Waals surface area contributed by atoms with Gasteiger partial charge in [-0.1, -0.05) is 0 Å². The normalized spacial score (nSPS) is 9.43. The average molecular weight is 278 g/mol. The molecule has 2 rings (SSSR count). The van der Waals surface area contributed by atoms with Gasteiger partial charge < -0.3 is 16.2 Å². The van der Waals surface area contributed by atoms with Crippen LogP contribution in [0.5, 0.6) is 0 Å². The van der Waals surface area contributed by atoms with Crippen molar-refractivity contribution in [2.45, 2.75) is 0 Å². The Morgan fingerprint density at radius 1 is 1.10 bits per heavy atom. The van der Waals surface area contributed by atoms with Gasteiger partial charge in [0.1, 0.15) is 12.1 Å². The third-order valence-electron chi connectivity index (χ3n) is 2.81. The number of aromatic carboxylic acids is 1. The fourth-order valence-electron chi connectivity index (χ4n) is 1.82. The van der Waals surface area contributed by atoms with Gasteiger partial charge in [-0.05, 0) is 36.4 Å². The largest absolute Gasteiger partial charge is 0.478 e. The predicted octanol–water partition coefficient (Wildman–Crippen LogP) is 2.45. The molecule has 0 fully saturated rings. The number of nitrogens with one attached hydrogen (secondary N) is 1. The SMILES string of the molecule is N#Cc1ccc(Nc2cc(N)ccc2C(=O)O)cc1C#N. The van der Waals surface area contributed by atoms with E-state index >= 15 is 0 Å². The minimum Gasteiger partial charge on any atom is -0.478 e. The van der Waals surface area contributed by atoms with Gasteiger partial charge in [-0.2, -0.15) is 10.5 Å². The van der Waals surface area contributed by atoms with Crippen LogP contribution in [0.3, 0.4) is 0 Å². The van der Waals surface area contributed by atoms with Gasteiger partial charge in [0, 0.05) is 11.4 Å². The highest BCUT2D eigenvalue weighted by atomic mass is 16.4. The van der Waals surface area contributed by atoms with Crippen molar-refractivity contribution in [3.8, 4) is 12.1 Å². The van der Waals surface area contributed by atoms with Gasteiger partial charge >= 0.3 is 5.97 Å². The number of nitrogens with zero attached hydrogens (tertiary/aromatic N) is 2. The number of nitrogen functional groups attached to an aromatic ring is 1. The Hall–Kier alpha value is -3.51. The number of nitriles is 2. The number of hydrogen-bond acceptors (Lipinski definition) is 5. The summed E-state index contributed by atoms with van der Waals surface area (Å²) in [6, 6.07) is 12.8. The molecule has 0 aliphatic rings. The van der Waals surface area contributed by atoms with Gasteiger partial charge in [0.25, 0.3) is 0 Å². The molecule has 0 atom stereocenters. The van der Waals surface area contributed by atoms with Crippen LogP contribution < -0.4 is 11.1 Å². The zero-order valence-corrected chi connectivity index (χ0v) is 10.8. The first-order chi connectivity index (χ1) is 10.0. The number of carboxylic acids is 1. The Morgan fingerprint density at radius 2 is 1.81 bits per heavy atom. The summed E-state index contributed by atoms with van der Waals surface area (Å²) in [6.45, 7) is 0. The Bertz CT molecular complexity index is 800. The molecule has 0 heterocycles. The number of benzene rings is 2. The average Bonchev–Trinajstić information content (AvgIpc) is 2.46. The summed E-state index contributed by atoms with van der Waals surface area (Å²) in [7, 11) is 0. The molecule has 0 saturated heterocycles. The third-order valence-corrected chi connectivity index (χ3v) is 2.81. The molecule has 0 unspecified atom stereocenters. The van der Waals surface area contributed by atoms with E-state index in [9.17, 15) is 4.79 Å². The van der Waals surface area contributed by atoms with Crippen LogP contribution in [-0.2, 0) is 0 Å². The van der Waals surface area contributed by atoms with Gasteiger partial charge in [0.05, 0.1) is 22.4 Å². The topological polar surface area (TPSA) is 123 Å². The molecular weight excluding hydrogens is 268 g/mol. The fraction of sp³-hybridized carbons (Fsp3) is 0. The molecule has 6 nitrogen and oxygen atoms in total. The summed E-state index contributed by atoms with van der Waals surface area (Å²) >= 11 is 0. The van der Waals surface area contributed by atoms with Gasteiger partial charge in [-0.15, -0.1) is 0 Å². The van der Waals surface area contributed by atoms with Gasteiger partial charge in [-0.25, -0.2) is 4.79 Å². The molecule has 0 amide bonds. The molecule has 21 heavy (non-hydrogen) atoms. The van der Waals surface area contributed by atoms with Crippen molar-refractivity contribution in [1.29, 1.82) is 10.5 Å². The fourth-order valence-corrected chi connectivity index (χ4v) is 1.82. The highest BCUT2D eigenvalue weighted by molar-refractivity contribution is 5.96. The first kappa shape index (κ1) is 13.9. The molecule has 102 valence electrons. The van der Waals surface area contributed by atoms with Crippen LogP contribution in [-0.4, -0.2) is 11.1 Å². The Morgan fingerprint density at radius 3 is 2.43 bits per heavy atom. The van der Waals surface area contributed by atoms with E-state index in [2.05, 4.69) is 5.32 Å². The summed E-state index contributed by atoms with van der Waals surface area (Å²) in [4.78, 5) is 11.2. The molecule has 0 radical (unpaired) electrons. The van der Waals surface area contributed by atoms with Crippen molar-refractivity contribution in [3.63, 3.8) is 0 Å². The number of nitrogens with two attached hydrogens (primary N) is 1. The van der Waals surface area contributed by atoms with Gasteiger partial charge in [-0.3, -0.25) is 0 Å². The van der Waals surface area contributed by atoms with E-state index in [1.54, 1.807) is 6.07 Å². The number of anilines is 3. The van der Waals surface area contributed by atoms with E-state index in [1.807, 2.05) is 12.1 Å². The second kappa shape index (κ2) is 5.64. The molecule has 0 spiro atoms. The Labute approximate surface area is 120 Å². The van der Waals surface area contributed by atoms with Crippen LogP contribution in [0.1, 0.15) is 21.5 Å². The Balaban J connectivity index is 2.44. The Kier molecular flexibility index (Phi) is 3.74. The summed E-state index contributed by atoms with van der Waals surface area (Å²) < 4.78 is 0. The van der Waals surface area contributed by atoms with Crippen molar-refractivity contribution in [3.05, 3.63) is 53.1 Å². The van der Waals surface area contributed by atoms with E-state index in [0.717, 1.165) is 0 Å². The van der Waals surface area contributed by atoms with Crippen molar-refractivity contribution in [1.82, 2.24) is 0 Å². The zero-order chi connectivity index (χ0) is 15.4. The second-order valence-electron chi connectivity index (χ2n) is 4.22. The molecule has 6 heteroatoms. The lowest BCUT2D eigenvalue weighted by Gasteiger charge is -2.11. The lowest BCUT2D eigenvalue weighted by molar-refractivity contribution is 0.0698. The number of hydrogen-bond donors (Lipinski definition) is 3. The maximum absolute atomic E-state index is 11.2. The van der Waals surface area contributed by atoms with Gasteiger partial charge in [0.2, 0.25) is 0 Å². The molecule has 0 aliphatic heterocycles. The summed E-state index contributed by atoms with van der Waals surface area (Å²) in [5, 5.41) is 29.9. The van der Waals surface area contributed by atoms with E-state index < -0.39 is 5.97 Å². The highest BCUT2D eigenvalue weighted by Crippen LogP contribution is 2.25. The molecule has 2 aromatic carbocycles. The number of carboxylic acid groups (broad SMARTS) is 1.